The molecule has 3 rings (SSSR count). The summed E-state index contributed by atoms with van der Waals surface area (Å²) >= 11 is 0. The number of amides is 2. The fraction of sp³-hybridized carbons (Fsp3) is 0.294. The minimum Gasteiger partial charge on any atom is -0.468 e. The first-order valence-electron chi connectivity index (χ1n) is 7.90. The maximum absolute atomic E-state index is 12.2. The molecular weight excluding hydrogens is 324 g/mol. The molecule has 1 aliphatic rings. The zero-order valence-electron chi connectivity index (χ0n) is 13.7. The van der Waals surface area contributed by atoms with E-state index in [1.807, 2.05) is 30.3 Å². The number of nitrogens with zero attached hydrogens (tertiary/aromatic N) is 2. The Morgan fingerprint density at radius 3 is 2.60 bits per heavy atom. The largest absolute Gasteiger partial charge is 0.468 e. The van der Waals surface area contributed by atoms with Gasteiger partial charge in [-0.3, -0.25) is 14.4 Å². The van der Waals surface area contributed by atoms with Gasteiger partial charge in [0.15, 0.2) is 5.69 Å². The van der Waals surface area contributed by atoms with Crippen molar-refractivity contribution in [3.05, 3.63) is 42.1 Å². The molecule has 8 nitrogen and oxygen atoms in total. The van der Waals surface area contributed by atoms with Gasteiger partial charge in [-0.15, -0.1) is 0 Å². The first-order valence-corrected chi connectivity index (χ1v) is 7.90. The van der Waals surface area contributed by atoms with Gasteiger partial charge in [0.05, 0.1) is 12.8 Å². The third-order valence-electron chi connectivity index (χ3n) is 3.76. The predicted molar refractivity (Wildman–Crippen MR) is 89.3 cm³/mol. The van der Waals surface area contributed by atoms with Crippen molar-refractivity contribution >= 4 is 23.6 Å². The van der Waals surface area contributed by atoms with E-state index in [2.05, 4.69) is 20.5 Å². The summed E-state index contributed by atoms with van der Waals surface area (Å²) in [5.41, 5.74) is 0.805. The molecule has 0 bridgehead atoms. The smallest absolute Gasteiger partial charge is 0.325 e. The summed E-state index contributed by atoms with van der Waals surface area (Å²) in [7, 11) is 1.24. The highest BCUT2D eigenvalue weighted by Crippen LogP contribution is 2.30. The van der Waals surface area contributed by atoms with Crippen molar-refractivity contribution in [2.24, 2.45) is 5.92 Å². The van der Waals surface area contributed by atoms with E-state index in [0.29, 0.717) is 11.5 Å². The molecule has 1 heterocycles. The predicted octanol–water partition coefficient (Wildman–Crippen LogP) is 1.12. The lowest BCUT2D eigenvalue weighted by molar-refractivity contribution is -0.139. The lowest BCUT2D eigenvalue weighted by atomic mass is 10.3. The zero-order chi connectivity index (χ0) is 17.8. The molecule has 1 aromatic carbocycles. The van der Waals surface area contributed by atoms with Crippen LogP contribution in [0.25, 0.3) is 5.69 Å². The van der Waals surface area contributed by atoms with Crippen LogP contribution < -0.4 is 10.6 Å². The van der Waals surface area contributed by atoms with Crippen LogP contribution in [-0.2, 0) is 14.3 Å². The normalized spacial score (nSPS) is 13.2. The number of carbonyl (C=O) groups excluding carboxylic acids is 3. The Balaban J connectivity index is 1.84. The number of benzene rings is 1. The molecule has 1 saturated carbocycles. The Morgan fingerprint density at radius 2 is 1.96 bits per heavy atom. The van der Waals surface area contributed by atoms with Gasteiger partial charge in [-0.1, -0.05) is 18.2 Å². The van der Waals surface area contributed by atoms with Gasteiger partial charge in [0.1, 0.15) is 12.4 Å². The van der Waals surface area contributed by atoms with E-state index in [1.54, 1.807) is 0 Å². The number of anilines is 1. The Bertz CT molecular complexity index is 796. The van der Waals surface area contributed by atoms with Crippen LogP contribution in [0.5, 0.6) is 0 Å². The van der Waals surface area contributed by atoms with Crippen molar-refractivity contribution in [3.8, 4) is 5.69 Å². The van der Waals surface area contributed by atoms with E-state index in [-0.39, 0.29) is 24.1 Å². The number of nitrogens with one attached hydrogen (secondary N) is 2. The number of carbonyl (C=O) groups is 3. The number of aromatic nitrogens is 2. The fourth-order valence-corrected chi connectivity index (χ4v) is 2.24. The minimum atomic E-state index is -0.557. The van der Waals surface area contributed by atoms with Crippen LogP contribution in [0.3, 0.4) is 0 Å². The number of ether oxygens (including phenoxy) is 1. The molecule has 1 fully saturated rings. The van der Waals surface area contributed by atoms with Gasteiger partial charge < -0.3 is 15.4 Å². The quantitative estimate of drug-likeness (QED) is 0.766. The van der Waals surface area contributed by atoms with Crippen molar-refractivity contribution in [3.63, 3.8) is 0 Å². The first-order chi connectivity index (χ1) is 12.1. The molecule has 0 radical (unpaired) electrons. The maximum Gasteiger partial charge on any atom is 0.325 e. The van der Waals surface area contributed by atoms with E-state index in [1.165, 1.54) is 17.9 Å². The number of hydrogen-bond acceptors (Lipinski definition) is 5. The molecule has 0 saturated heterocycles. The average molecular weight is 342 g/mol. The van der Waals surface area contributed by atoms with Crippen molar-refractivity contribution in [1.82, 2.24) is 15.1 Å². The van der Waals surface area contributed by atoms with Gasteiger partial charge in [-0.2, -0.15) is 5.10 Å². The Hall–Kier alpha value is -3.16. The molecule has 1 aliphatic carbocycles. The summed E-state index contributed by atoms with van der Waals surface area (Å²) in [6.45, 7) is -0.253. The van der Waals surface area contributed by atoms with Crippen molar-refractivity contribution in [1.29, 1.82) is 0 Å². The molecule has 0 atom stereocenters. The third-order valence-corrected chi connectivity index (χ3v) is 3.76. The second kappa shape index (κ2) is 7.16. The van der Waals surface area contributed by atoms with E-state index >= 15 is 0 Å². The average Bonchev–Trinajstić information content (AvgIpc) is 3.41. The lowest BCUT2D eigenvalue weighted by Crippen LogP contribution is -2.30. The monoisotopic (exact) mass is 342 g/mol. The minimum absolute atomic E-state index is 0.0238. The Kier molecular flexibility index (Phi) is 4.78. The highest BCUT2D eigenvalue weighted by atomic mass is 16.5. The van der Waals surface area contributed by atoms with E-state index in [4.69, 9.17) is 0 Å². The van der Waals surface area contributed by atoms with Gasteiger partial charge in [0.25, 0.3) is 5.91 Å². The number of rotatable bonds is 6. The van der Waals surface area contributed by atoms with E-state index in [9.17, 15) is 14.4 Å². The van der Waals surface area contributed by atoms with Gasteiger partial charge in [-0.25, -0.2) is 4.68 Å². The van der Waals surface area contributed by atoms with Crippen molar-refractivity contribution in [2.75, 3.05) is 19.0 Å². The van der Waals surface area contributed by atoms with Crippen LogP contribution in [0.1, 0.15) is 23.3 Å². The topological polar surface area (TPSA) is 102 Å². The molecule has 8 heteroatoms. The van der Waals surface area contributed by atoms with Gasteiger partial charge in [0.2, 0.25) is 5.91 Å². The van der Waals surface area contributed by atoms with Crippen LogP contribution >= 0.6 is 0 Å². The number of methoxy groups -OCH3 is 1. The highest BCUT2D eigenvalue weighted by Gasteiger charge is 2.30. The van der Waals surface area contributed by atoms with Crippen LogP contribution in [-0.4, -0.2) is 41.2 Å². The molecule has 0 unspecified atom stereocenters. The molecule has 2 amide bonds. The molecule has 1 aromatic heterocycles. The number of esters is 1. The fourth-order valence-electron chi connectivity index (χ4n) is 2.24. The summed E-state index contributed by atoms with van der Waals surface area (Å²) in [6.07, 6.45) is 1.75. The third kappa shape index (κ3) is 4.03. The van der Waals surface area contributed by atoms with Crippen LogP contribution in [0.4, 0.5) is 5.82 Å². The SMILES string of the molecule is COC(=O)CNC(=O)c1cc(NC(=O)C2CC2)n(-c2ccccc2)n1. The van der Waals surface area contributed by atoms with E-state index < -0.39 is 11.9 Å². The molecule has 130 valence electrons. The second-order valence-electron chi connectivity index (χ2n) is 5.68. The first kappa shape index (κ1) is 16.7. The summed E-state index contributed by atoms with van der Waals surface area (Å²) in [5, 5.41) is 9.49. The number of para-hydroxylation sites is 1. The number of hydrogen-bond donors (Lipinski definition) is 2. The standard InChI is InChI=1S/C17H18N4O4/c1-25-15(22)10-18-17(24)13-9-14(19-16(23)11-7-8-11)21(20-13)12-5-3-2-4-6-12/h2-6,9,11H,7-8,10H2,1H3,(H,18,24)(H,19,23). The van der Waals surface area contributed by atoms with Crippen LogP contribution in [0, 0.1) is 5.92 Å². The summed E-state index contributed by atoms with van der Waals surface area (Å²) in [4.78, 5) is 35.4. The second-order valence-corrected chi connectivity index (χ2v) is 5.68. The zero-order valence-corrected chi connectivity index (χ0v) is 13.7. The Morgan fingerprint density at radius 1 is 1.24 bits per heavy atom. The van der Waals surface area contributed by atoms with Crippen molar-refractivity contribution in [2.45, 2.75) is 12.8 Å². The van der Waals surface area contributed by atoms with Gasteiger partial charge in [0, 0.05) is 12.0 Å². The van der Waals surface area contributed by atoms with Gasteiger partial charge in [-0.05, 0) is 25.0 Å². The summed E-state index contributed by atoms with van der Waals surface area (Å²) in [6, 6.07) is 10.6. The molecule has 0 aliphatic heterocycles. The highest BCUT2D eigenvalue weighted by molar-refractivity contribution is 5.97. The van der Waals surface area contributed by atoms with E-state index in [0.717, 1.165) is 12.8 Å². The van der Waals surface area contributed by atoms with Gasteiger partial charge >= 0.3 is 5.97 Å². The summed E-state index contributed by atoms with van der Waals surface area (Å²) in [5.74, 6) is -0.735. The lowest BCUT2D eigenvalue weighted by Gasteiger charge is -2.08. The molecule has 2 aromatic rings. The van der Waals surface area contributed by atoms with Crippen molar-refractivity contribution < 1.29 is 19.1 Å². The van der Waals surface area contributed by atoms with Crippen LogP contribution in [0.15, 0.2) is 36.4 Å². The molecular formula is C17H18N4O4. The molecule has 0 spiro atoms. The summed E-state index contributed by atoms with van der Waals surface area (Å²) < 4.78 is 5.98. The Labute approximate surface area is 144 Å². The van der Waals surface area contributed by atoms with Crippen LogP contribution in [0.2, 0.25) is 0 Å². The molecule has 2 N–H and O–H groups in total. The molecule has 25 heavy (non-hydrogen) atoms. The maximum atomic E-state index is 12.2.